The molecule has 5 nitrogen and oxygen atoms in total. The van der Waals surface area contributed by atoms with Crippen molar-refractivity contribution in [2.75, 3.05) is 12.0 Å². The van der Waals surface area contributed by atoms with Crippen molar-refractivity contribution in [1.29, 1.82) is 10.5 Å². The highest BCUT2D eigenvalue weighted by atomic mass is 32.2. The van der Waals surface area contributed by atoms with Crippen LogP contribution in [-0.2, 0) is 0 Å². The summed E-state index contributed by atoms with van der Waals surface area (Å²) in [5, 5.41) is 17.8. The minimum absolute atomic E-state index is 0.0527. The fourth-order valence-electron chi connectivity index (χ4n) is 0.973. The van der Waals surface area contributed by atoms with Crippen LogP contribution in [0, 0.1) is 22.7 Å². The number of nitrogens with zero attached hydrogens (tertiary/aromatic N) is 2. The molecule has 0 aliphatic heterocycles. The number of H-pyrrole nitrogens is 1. The molecule has 0 spiro atoms. The molecule has 0 bridgehead atoms. The molecule has 3 N–H and O–H groups in total. The number of thioether (sulfide) groups is 1. The Morgan fingerprint density at radius 2 is 1.93 bits per heavy atom. The van der Waals surface area contributed by atoms with Gasteiger partial charge in [-0.1, -0.05) is 0 Å². The first-order valence-electron chi connectivity index (χ1n) is 3.55. The summed E-state index contributed by atoms with van der Waals surface area (Å²) in [7, 11) is 0. The van der Waals surface area contributed by atoms with Gasteiger partial charge in [-0.3, -0.25) is 4.79 Å². The van der Waals surface area contributed by atoms with E-state index in [4.69, 9.17) is 16.3 Å². The fraction of sp³-hybridized carbons (Fsp3) is 0.125. The van der Waals surface area contributed by atoms with Crippen molar-refractivity contribution >= 4 is 17.4 Å². The van der Waals surface area contributed by atoms with Gasteiger partial charge < -0.3 is 10.7 Å². The Hall–Kier alpha value is -1.92. The highest BCUT2D eigenvalue weighted by Gasteiger charge is 2.13. The Bertz CT molecular complexity index is 506. The van der Waals surface area contributed by atoms with Crippen LogP contribution >= 0.6 is 11.8 Å². The van der Waals surface area contributed by atoms with Crippen molar-refractivity contribution in [2.45, 2.75) is 5.03 Å². The molecule has 0 unspecified atom stereocenters. The number of aromatic nitrogens is 1. The second-order valence-electron chi connectivity index (χ2n) is 2.37. The van der Waals surface area contributed by atoms with Gasteiger partial charge in [0.1, 0.15) is 23.3 Å². The predicted octanol–water partition coefficient (Wildman–Crippen LogP) is 0.422. The number of hydrogen-bond donors (Lipinski definition) is 2. The van der Waals surface area contributed by atoms with Crippen LogP contribution in [0.25, 0.3) is 0 Å². The number of nitriles is 2. The Morgan fingerprint density at radius 1 is 1.36 bits per heavy atom. The molecule has 0 saturated heterocycles. The number of pyridine rings is 1. The lowest BCUT2D eigenvalue weighted by atomic mass is 10.2. The number of anilines is 1. The van der Waals surface area contributed by atoms with Crippen LogP contribution in [0.2, 0.25) is 0 Å². The van der Waals surface area contributed by atoms with E-state index < -0.39 is 5.56 Å². The van der Waals surface area contributed by atoms with Gasteiger partial charge in [-0.25, -0.2) is 0 Å². The van der Waals surface area contributed by atoms with Gasteiger partial charge >= 0.3 is 0 Å². The standard InChI is InChI=1S/C8H6N4OS/c1-14-8-5(3-10)6(11)4(2-9)7(13)12-8/h1H3,(H3,11,12,13). The van der Waals surface area contributed by atoms with Crippen LogP contribution in [0.3, 0.4) is 0 Å². The molecular formula is C8H6N4OS. The molecule has 0 aromatic carbocycles. The van der Waals surface area contributed by atoms with Gasteiger partial charge in [-0.2, -0.15) is 10.5 Å². The van der Waals surface area contributed by atoms with E-state index in [9.17, 15) is 4.79 Å². The third-order valence-electron chi connectivity index (χ3n) is 1.65. The topological polar surface area (TPSA) is 106 Å². The minimum Gasteiger partial charge on any atom is -0.396 e. The summed E-state index contributed by atoms with van der Waals surface area (Å²) in [4.78, 5) is 13.7. The average Bonchev–Trinajstić information content (AvgIpc) is 2.17. The molecule has 0 amide bonds. The zero-order chi connectivity index (χ0) is 10.7. The number of nitrogens with one attached hydrogen (secondary N) is 1. The third kappa shape index (κ3) is 1.43. The van der Waals surface area contributed by atoms with E-state index in [0.29, 0.717) is 5.03 Å². The molecule has 1 heterocycles. The van der Waals surface area contributed by atoms with Crippen LogP contribution in [0.5, 0.6) is 0 Å². The monoisotopic (exact) mass is 206 g/mol. The molecule has 70 valence electrons. The van der Waals surface area contributed by atoms with Crippen LogP contribution in [0.1, 0.15) is 11.1 Å². The number of rotatable bonds is 1. The molecule has 14 heavy (non-hydrogen) atoms. The zero-order valence-corrected chi connectivity index (χ0v) is 8.10. The summed E-state index contributed by atoms with van der Waals surface area (Å²) in [5.74, 6) is 0. The number of hydrogen-bond acceptors (Lipinski definition) is 5. The molecule has 0 aliphatic carbocycles. The van der Waals surface area contributed by atoms with Crippen LogP contribution in [0.15, 0.2) is 9.82 Å². The maximum atomic E-state index is 11.2. The summed E-state index contributed by atoms with van der Waals surface area (Å²) in [6.45, 7) is 0. The smallest absolute Gasteiger partial charge is 0.268 e. The zero-order valence-electron chi connectivity index (χ0n) is 7.29. The van der Waals surface area contributed by atoms with Crippen molar-refractivity contribution in [1.82, 2.24) is 4.98 Å². The Kier molecular flexibility index (Phi) is 2.80. The molecule has 0 fully saturated rings. The largest absolute Gasteiger partial charge is 0.396 e. The SMILES string of the molecule is CSc1[nH]c(=O)c(C#N)c(N)c1C#N. The molecule has 6 heteroatoms. The first-order chi connectivity index (χ1) is 6.65. The van der Waals surface area contributed by atoms with E-state index in [1.165, 1.54) is 11.8 Å². The lowest BCUT2D eigenvalue weighted by Crippen LogP contribution is -2.15. The van der Waals surface area contributed by atoms with Gasteiger partial charge in [0.05, 0.1) is 10.7 Å². The summed E-state index contributed by atoms with van der Waals surface area (Å²) in [6.07, 6.45) is 1.71. The molecule has 0 saturated carbocycles. The Balaban J connectivity index is 3.69. The van der Waals surface area contributed by atoms with Gasteiger partial charge in [0.25, 0.3) is 5.56 Å². The van der Waals surface area contributed by atoms with E-state index in [0.717, 1.165) is 0 Å². The van der Waals surface area contributed by atoms with Gasteiger partial charge in [-0.15, -0.1) is 11.8 Å². The van der Waals surface area contributed by atoms with Gasteiger partial charge in [0.2, 0.25) is 0 Å². The van der Waals surface area contributed by atoms with E-state index in [1.54, 1.807) is 12.3 Å². The van der Waals surface area contributed by atoms with Crippen molar-refractivity contribution < 1.29 is 0 Å². The van der Waals surface area contributed by atoms with Crippen LogP contribution in [-0.4, -0.2) is 11.2 Å². The second kappa shape index (κ2) is 3.86. The van der Waals surface area contributed by atoms with Gasteiger partial charge in [-0.05, 0) is 6.26 Å². The Labute approximate surface area is 84.2 Å². The first kappa shape index (κ1) is 10.2. The van der Waals surface area contributed by atoms with Crippen molar-refractivity contribution in [2.24, 2.45) is 0 Å². The van der Waals surface area contributed by atoms with E-state index in [2.05, 4.69) is 4.98 Å². The number of aromatic amines is 1. The molecule has 0 radical (unpaired) electrons. The fourth-order valence-corrected chi connectivity index (χ4v) is 1.53. The highest BCUT2D eigenvalue weighted by Crippen LogP contribution is 2.22. The maximum Gasteiger partial charge on any atom is 0.268 e. The average molecular weight is 206 g/mol. The van der Waals surface area contributed by atoms with E-state index in [-0.39, 0.29) is 16.8 Å². The number of nitrogen functional groups attached to an aromatic ring is 1. The van der Waals surface area contributed by atoms with Crippen molar-refractivity contribution in [3.8, 4) is 12.1 Å². The summed E-state index contributed by atoms with van der Waals surface area (Å²) in [6, 6.07) is 3.51. The third-order valence-corrected chi connectivity index (χ3v) is 2.36. The molecule has 1 rings (SSSR count). The lowest BCUT2D eigenvalue weighted by Gasteiger charge is -2.03. The molecule has 0 aliphatic rings. The van der Waals surface area contributed by atoms with Crippen LogP contribution in [0.4, 0.5) is 5.69 Å². The summed E-state index contributed by atoms with van der Waals surface area (Å²) < 4.78 is 0. The van der Waals surface area contributed by atoms with Crippen molar-refractivity contribution in [3.05, 3.63) is 21.5 Å². The molecule has 1 aromatic heterocycles. The summed E-state index contributed by atoms with van der Waals surface area (Å²) >= 11 is 1.20. The van der Waals surface area contributed by atoms with Crippen molar-refractivity contribution in [3.63, 3.8) is 0 Å². The van der Waals surface area contributed by atoms with E-state index >= 15 is 0 Å². The minimum atomic E-state index is -0.562. The lowest BCUT2D eigenvalue weighted by molar-refractivity contribution is 1.06. The van der Waals surface area contributed by atoms with Gasteiger partial charge in [0.15, 0.2) is 0 Å². The second-order valence-corrected chi connectivity index (χ2v) is 3.19. The first-order valence-corrected chi connectivity index (χ1v) is 4.78. The quantitative estimate of drug-likeness (QED) is 0.647. The highest BCUT2D eigenvalue weighted by molar-refractivity contribution is 7.98. The molecular weight excluding hydrogens is 200 g/mol. The summed E-state index contributed by atoms with van der Waals surface area (Å²) in [5.41, 5.74) is 4.83. The van der Waals surface area contributed by atoms with Gasteiger partial charge in [0, 0.05) is 0 Å². The number of nitrogens with two attached hydrogens (primary N) is 1. The van der Waals surface area contributed by atoms with Crippen LogP contribution < -0.4 is 11.3 Å². The molecule has 0 atom stereocenters. The Morgan fingerprint density at radius 3 is 2.36 bits per heavy atom. The predicted molar refractivity (Wildman–Crippen MR) is 52.7 cm³/mol. The molecule has 1 aromatic rings. The normalized spacial score (nSPS) is 9.07. The maximum absolute atomic E-state index is 11.2. The van der Waals surface area contributed by atoms with E-state index in [1.807, 2.05) is 6.07 Å².